The van der Waals surface area contributed by atoms with Crippen LogP contribution in [0.4, 0.5) is 0 Å². The molecule has 1 aromatic carbocycles. The van der Waals surface area contributed by atoms with Crippen LogP contribution in [0.5, 0.6) is 11.6 Å². The number of nitrogens with zero attached hydrogens (tertiary/aromatic N) is 2. The lowest BCUT2D eigenvalue weighted by Crippen LogP contribution is -2.21. The SMILES string of the molecule is Cn1cc(O)nc1C1COc2ccccc2C1. The van der Waals surface area contributed by atoms with E-state index in [-0.39, 0.29) is 11.8 Å². The van der Waals surface area contributed by atoms with E-state index in [1.165, 1.54) is 5.56 Å². The van der Waals surface area contributed by atoms with Crippen molar-refractivity contribution in [2.45, 2.75) is 12.3 Å². The van der Waals surface area contributed by atoms with Gasteiger partial charge in [0.1, 0.15) is 11.6 Å². The van der Waals surface area contributed by atoms with Crippen LogP contribution in [0, 0.1) is 0 Å². The molecule has 1 N–H and O–H groups in total. The average Bonchev–Trinajstić information content (AvgIpc) is 2.68. The van der Waals surface area contributed by atoms with Gasteiger partial charge in [0.05, 0.1) is 18.7 Å². The van der Waals surface area contributed by atoms with Gasteiger partial charge in [-0.1, -0.05) is 18.2 Å². The van der Waals surface area contributed by atoms with Crippen LogP contribution >= 0.6 is 0 Å². The second-order valence-corrected chi connectivity index (χ2v) is 4.39. The molecule has 0 spiro atoms. The van der Waals surface area contributed by atoms with Crippen molar-refractivity contribution in [1.29, 1.82) is 0 Å². The molecule has 0 fully saturated rings. The molecule has 2 aromatic rings. The molecule has 2 heterocycles. The summed E-state index contributed by atoms with van der Waals surface area (Å²) in [6.45, 7) is 0.612. The Kier molecular flexibility index (Phi) is 2.28. The zero-order chi connectivity index (χ0) is 11.8. The molecule has 4 nitrogen and oxygen atoms in total. The van der Waals surface area contributed by atoms with Gasteiger partial charge in [0.25, 0.3) is 0 Å². The van der Waals surface area contributed by atoms with Crippen LogP contribution in [-0.2, 0) is 13.5 Å². The summed E-state index contributed by atoms with van der Waals surface area (Å²) in [5, 5.41) is 9.39. The van der Waals surface area contributed by atoms with Crippen LogP contribution < -0.4 is 4.74 Å². The minimum absolute atomic E-state index is 0.0707. The summed E-state index contributed by atoms with van der Waals surface area (Å²) in [5.74, 6) is 2.11. The maximum atomic E-state index is 9.39. The molecule has 17 heavy (non-hydrogen) atoms. The van der Waals surface area contributed by atoms with Crippen LogP contribution in [0.25, 0.3) is 0 Å². The fraction of sp³-hybridized carbons (Fsp3) is 0.308. The molecule has 1 unspecified atom stereocenters. The van der Waals surface area contributed by atoms with Crippen molar-refractivity contribution in [3.05, 3.63) is 41.9 Å². The van der Waals surface area contributed by atoms with Crippen molar-refractivity contribution >= 4 is 0 Å². The highest BCUT2D eigenvalue weighted by molar-refractivity contribution is 5.36. The van der Waals surface area contributed by atoms with Gasteiger partial charge in [-0.15, -0.1) is 0 Å². The van der Waals surface area contributed by atoms with Gasteiger partial charge >= 0.3 is 0 Å². The summed E-state index contributed by atoms with van der Waals surface area (Å²) in [6.07, 6.45) is 2.52. The van der Waals surface area contributed by atoms with Crippen LogP contribution in [0.3, 0.4) is 0 Å². The molecule has 1 aliphatic rings. The number of ether oxygens (including phenoxy) is 1. The molecule has 0 aliphatic carbocycles. The van der Waals surface area contributed by atoms with Crippen molar-refractivity contribution in [2.75, 3.05) is 6.61 Å². The quantitative estimate of drug-likeness (QED) is 0.813. The van der Waals surface area contributed by atoms with E-state index in [9.17, 15) is 5.11 Å². The summed E-state index contributed by atoms with van der Waals surface area (Å²) in [7, 11) is 1.89. The van der Waals surface area contributed by atoms with Crippen LogP contribution in [0.1, 0.15) is 17.3 Å². The number of benzene rings is 1. The van der Waals surface area contributed by atoms with E-state index in [0.717, 1.165) is 18.0 Å². The molecular weight excluding hydrogens is 216 g/mol. The van der Waals surface area contributed by atoms with E-state index >= 15 is 0 Å². The zero-order valence-corrected chi connectivity index (χ0v) is 9.63. The van der Waals surface area contributed by atoms with E-state index in [1.807, 2.05) is 29.8 Å². The molecule has 0 radical (unpaired) electrons. The topological polar surface area (TPSA) is 47.3 Å². The van der Waals surface area contributed by atoms with Gasteiger partial charge < -0.3 is 14.4 Å². The Bertz CT molecular complexity index is 548. The highest BCUT2D eigenvalue weighted by Gasteiger charge is 2.24. The van der Waals surface area contributed by atoms with Crippen molar-refractivity contribution in [1.82, 2.24) is 9.55 Å². The molecule has 0 bridgehead atoms. The van der Waals surface area contributed by atoms with E-state index in [0.29, 0.717) is 6.61 Å². The molecule has 4 heteroatoms. The number of rotatable bonds is 1. The van der Waals surface area contributed by atoms with Gasteiger partial charge in [-0.2, -0.15) is 4.98 Å². The second kappa shape index (κ2) is 3.80. The molecule has 0 saturated carbocycles. The van der Waals surface area contributed by atoms with Crippen LogP contribution in [0.15, 0.2) is 30.5 Å². The fourth-order valence-corrected chi connectivity index (χ4v) is 2.34. The Morgan fingerprint density at radius 3 is 3.00 bits per heavy atom. The van der Waals surface area contributed by atoms with Crippen molar-refractivity contribution in [3.63, 3.8) is 0 Å². The van der Waals surface area contributed by atoms with Gasteiger partial charge in [-0.25, -0.2) is 0 Å². The fourth-order valence-electron chi connectivity index (χ4n) is 2.34. The molecule has 0 saturated heterocycles. The van der Waals surface area contributed by atoms with Crippen molar-refractivity contribution in [2.24, 2.45) is 7.05 Å². The largest absolute Gasteiger partial charge is 0.493 e. The Morgan fingerprint density at radius 1 is 1.41 bits per heavy atom. The van der Waals surface area contributed by atoms with E-state index in [4.69, 9.17) is 4.74 Å². The molecule has 1 aliphatic heterocycles. The number of hydrogen-bond acceptors (Lipinski definition) is 3. The summed E-state index contributed by atoms with van der Waals surface area (Å²) in [6, 6.07) is 8.05. The number of aromatic hydroxyl groups is 1. The molecule has 0 amide bonds. The first-order chi connectivity index (χ1) is 8.24. The lowest BCUT2D eigenvalue weighted by atomic mass is 9.96. The standard InChI is InChI=1S/C13H14N2O2/c1-15-7-12(16)14-13(15)10-6-9-4-2-3-5-11(9)17-8-10/h2-5,7,10,16H,6,8H2,1H3. The smallest absolute Gasteiger partial charge is 0.229 e. The number of imidazole rings is 1. The Morgan fingerprint density at radius 2 is 2.24 bits per heavy atom. The highest BCUT2D eigenvalue weighted by atomic mass is 16.5. The van der Waals surface area contributed by atoms with E-state index < -0.39 is 0 Å². The molecule has 88 valence electrons. The summed E-state index contributed by atoms with van der Waals surface area (Å²) in [5.41, 5.74) is 1.20. The third kappa shape index (κ3) is 1.75. The lowest BCUT2D eigenvalue weighted by Gasteiger charge is -2.24. The van der Waals surface area contributed by atoms with Gasteiger partial charge in [-0.3, -0.25) is 0 Å². The van der Waals surface area contributed by atoms with Gasteiger partial charge in [0, 0.05) is 7.05 Å². The van der Waals surface area contributed by atoms with Gasteiger partial charge in [0.2, 0.25) is 5.88 Å². The average molecular weight is 230 g/mol. The predicted octanol–water partition coefficient (Wildman–Crippen LogP) is 1.84. The van der Waals surface area contributed by atoms with E-state index in [1.54, 1.807) is 6.20 Å². The predicted molar refractivity (Wildman–Crippen MR) is 63.3 cm³/mol. The molecule has 1 atom stereocenters. The zero-order valence-electron chi connectivity index (χ0n) is 9.63. The first-order valence-electron chi connectivity index (χ1n) is 5.67. The Hall–Kier alpha value is -1.97. The lowest BCUT2D eigenvalue weighted by molar-refractivity contribution is 0.255. The van der Waals surface area contributed by atoms with E-state index in [2.05, 4.69) is 11.1 Å². The van der Waals surface area contributed by atoms with Gasteiger partial charge in [0.15, 0.2) is 0 Å². The number of para-hydroxylation sites is 1. The number of hydrogen-bond donors (Lipinski definition) is 1. The molecule has 3 rings (SSSR count). The summed E-state index contributed by atoms with van der Waals surface area (Å²) >= 11 is 0. The Labute approximate surface area is 99.5 Å². The summed E-state index contributed by atoms with van der Waals surface area (Å²) in [4.78, 5) is 4.15. The van der Waals surface area contributed by atoms with Crippen LogP contribution in [-0.4, -0.2) is 21.3 Å². The molecular formula is C13H14N2O2. The monoisotopic (exact) mass is 230 g/mol. The van der Waals surface area contributed by atoms with Crippen molar-refractivity contribution in [3.8, 4) is 11.6 Å². The third-order valence-electron chi connectivity index (χ3n) is 3.14. The van der Waals surface area contributed by atoms with Crippen LogP contribution in [0.2, 0.25) is 0 Å². The van der Waals surface area contributed by atoms with Gasteiger partial charge in [-0.05, 0) is 18.1 Å². The first-order valence-corrected chi connectivity index (χ1v) is 5.67. The number of aryl methyl sites for hydroxylation is 1. The highest BCUT2D eigenvalue weighted by Crippen LogP contribution is 2.32. The maximum Gasteiger partial charge on any atom is 0.229 e. The number of aromatic nitrogens is 2. The summed E-state index contributed by atoms with van der Waals surface area (Å²) < 4.78 is 7.58. The first kappa shape index (κ1) is 10.2. The second-order valence-electron chi connectivity index (χ2n) is 4.39. The normalized spacial score (nSPS) is 18.5. The third-order valence-corrected chi connectivity index (χ3v) is 3.14. The minimum atomic E-state index is 0.0707. The Balaban J connectivity index is 1.92. The number of fused-ring (bicyclic) bond motifs is 1. The maximum absolute atomic E-state index is 9.39. The van der Waals surface area contributed by atoms with Crippen molar-refractivity contribution < 1.29 is 9.84 Å². The molecule has 1 aromatic heterocycles. The minimum Gasteiger partial charge on any atom is -0.493 e.